The van der Waals surface area contributed by atoms with E-state index < -0.39 is 6.29 Å². The summed E-state index contributed by atoms with van der Waals surface area (Å²) in [6.45, 7) is 4.64. The molecule has 0 radical (unpaired) electrons. The minimum atomic E-state index is -0.408. The number of carbonyl (C=O) groups is 1. The van der Waals surface area contributed by atoms with Crippen LogP contribution in [-0.2, 0) is 14.3 Å². The average Bonchev–Trinajstić information content (AvgIpc) is 2.37. The fourth-order valence-corrected chi connectivity index (χ4v) is 2.16. The second-order valence-electron chi connectivity index (χ2n) is 4.44. The van der Waals surface area contributed by atoms with E-state index in [9.17, 15) is 4.79 Å². The van der Waals surface area contributed by atoms with Gasteiger partial charge in [0, 0.05) is 26.2 Å². The van der Waals surface area contributed by atoms with Crippen LogP contribution in [0.1, 0.15) is 26.7 Å². The van der Waals surface area contributed by atoms with Crippen LogP contribution in [-0.4, -0.2) is 37.6 Å². The van der Waals surface area contributed by atoms with Crippen LogP contribution < -0.4 is 5.32 Å². The summed E-state index contributed by atoms with van der Waals surface area (Å²) in [7, 11) is 1.57. The predicted octanol–water partition coefficient (Wildman–Crippen LogP) is 1.03. The highest BCUT2D eigenvalue weighted by atomic mass is 16.7. The van der Waals surface area contributed by atoms with Crippen LogP contribution in [0, 0.1) is 11.8 Å². The number of rotatable bonds is 6. The third kappa shape index (κ3) is 3.71. The molecule has 0 aliphatic carbocycles. The summed E-state index contributed by atoms with van der Waals surface area (Å²) in [5, 5.41) is 11.5. The van der Waals surface area contributed by atoms with Crippen LogP contribution in [0.5, 0.6) is 0 Å². The number of likely N-dealkylation sites (N-methyl/N-ethyl adjacent to an activating group) is 1. The summed E-state index contributed by atoms with van der Waals surface area (Å²) >= 11 is 0. The Balaban J connectivity index is 2.78. The summed E-state index contributed by atoms with van der Waals surface area (Å²) < 4.78 is 11.2. The van der Waals surface area contributed by atoms with Crippen LogP contribution in [0.25, 0.3) is 0 Å². The van der Waals surface area contributed by atoms with Gasteiger partial charge in [-0.15, -0.1) is 0 Å². The molecule has 2 N–H and O–H groups in total. The molecule has 0 bridgehead atoms. The van der Waals surface area contributed by atoms with Gasteiger partial charge < -0.3 is 19.9 Å². The maximum Gasteiger partial charge on any atom is 0.285 e. The molecule has 5 nitrogen and oxygen atoms in total. The Kier molecular flexibility index (Phi) is 6.15. The zero-order valence-electron chi connectivity index (χ0n) is 11.3. The van der Waals surface area contributed by atoms with Gasteiger partial charge in [0.15, 0.2) is 5.76 Å². The highest BCUT2D eigenvalue weighted by molar-refractivity contribution is 5.91. The Morgan fingerprint density at radius 2 is 2.33 bits per heavy atom. The smallest absolute Gasteiger partial charge is 0.285 e. The average molecular weight is 257 g/mol. The van der Waals surface area contributed by atoms with Crippen molar-refractivity contribution in [2.75, 3.05) is 20.3 Å². The number of aliphatic hydroxyl groups is 1. The minimum absolute atomic E-state index is 0.161. The minimum Gasteiger partial charge on any atom is -0.459 e. The van der Waals surface area contributed by atoms with Gasteiger partial charge in [-0.25, -0.2) is 0 Å². The van der Waals surface area contributed by atoms with E-state index in [0.29, 0.717) is 18.8 Å². The van der Waals surface area contributed by atoms with E-state index in [4.69, 9.17) is 14.6 Å². The predicted molar refractivity (Wildman–Crippen MR) is 67.6 cm³/mol. The number of nitrogens with one attached hydrogen (secondary N) is 1. The highest BCUT2D eigenvalue weighted by Crippen LogP contribution is 2.32. The zero-order chi connectivity index (χ0) is 13.5. The second-order valence-corrected chi connectivity index (χ2v) is 4.44. The Hall–Kier alpha value is -1.07. The number of allylic oxidation sites excluding steroid dienone is 1. The monoisotopic (exact) mass is 257 g/mol. The van der Waals surface area contributed by atoms with Crippen LogP contribution in [0.15, 0.2) is 11.8 Å². The van der Waals surface area contributed by atoms with Gasteiger partial charge in [0.1, 0.15) is 0 Å². The summed E-state index contributed by atoms with van der Waals surface area (Å²) in [6.07, 6.45) is 2.95. The molecular weight excluding hydrogens is 234 g/mol. The van der Waals surface area contributed by atoms with Crippen molar-refractivity contribution in [3.63, 3.8) is 0 Å². The van der Waals surface area contributed by atoms with E-state index in [-0.39, 0.29) is 24.3 Å². The molecule has 18 heavy (non-hydrogen) atoms. The zero-order valence-corrected chi connectivity index (χ0v) is 11.3. The summed E-state index contributed by atoms with van der Waals surface area (Å²) in [6, 6.07) is 0. The molecule has 0 saturated carbocycles. The fourth-order valence-electron chi connectivity index (χ4n) is 2.16. The molecule has 0 saturated heterocycles. The van der Waals surface area contributed by atoms with Crippen LogP contribution >= 0.6 is 0 Å². The first-order valence-corrected chi connectivity index (χ1v) is 6.47. The maximum atomic E-state index is 11.6. The van der Waals surface area contributed by atoms with Crippen molar-refractivity contribution in [1.29, 1.82) is 0 Å². The first kappa shape index (κ1) is 15.0. The van der Waals surface area contributed by atoms with Crippen molar-refractivity contribution < 1.29 is 19.4 Å². The SMILES string of the molecule is CCO[C@H]1OC(C(=O)NC)=C[C@@H](C)[C@@H]1CCCO. The molecule has 1 rings (SSSR count). The fraction of sp³-hybridized carbons (Fsp3) is 0.769. The van der Waals surface area contributed by atoms with E-state index in [1.807, 2.05) is 19.9 Å². The molecule has 0 aromatic heterocycles. The molecule has 5 heteroatoms. The number of aliphatic hydroxyl groups excluding tert-OH is 1. The number of ether oxygens (including phenoxy) is 2. The lowest BCUT2D eigenvalue weighted by atomic mass is 9.87. The normalized spacial score (nSPS) is 27.3. The van der Waals surface area contributed by atoms with Crippen molar-refractivity contribution in [1.82, 2.24) is 5.32 Å². The molecule has 0 spiro atoms. The lowest BCUT2D eigenvalue weighted by Crippen LogP contribution is -2.38. The summed E-state index contributed by atoms with van der Waals surface area (Å²) in [5.41, 5.74) is 0. The second kappa shape index (κ2) is 7.38. The molecule has 1 amide bonds. The van der Waals surface area contributed by atoms with Crippen LogP contribution in [0.3, 0.4) is 0 Å². The first-order chi connectivity index (χ1) is 8.63. The molecule has 0 unspecified atom stereocenters. The van der Waals surface area contributed by atoms with Gasteiger partial charge in [-0.3, -0.25) is 4.79 Å². The first-order valence-electron chi connectivity index (χ1n) is 6.47. The quantitative estimate of drug-likeness (QED) is 0.746. The largest absolute Gasteiger partial charge is 0.459 e. The number of hydrogen-bond acceptors (Lipinski definition) is 4. The van der Waals surface area contributed by atoms with Gasteiger partial charge in [-0.2, -0.15) is 0 Å². The number of hydrogen-bond donors (Lipinski definition) is 2. The van der Waals surface area contributed by atoms with E-state index in [0.717, 1.165) is 6.42 Å². The van der Waals surface area contributed by atoms with Gasteiger partial charge in [0.25, 0.3) is 5.91 Å². The van der Waals surface area contributed by atoms with E-state index in [1.54, 1.807) is 7.05 Å². The van der Waals surface area contributed by atoms with Crippen molar-refractivity contribution in [3.8, 4) is 0 Å². The molecule has 0 aromatic carbocycles. The van der Waals surface area contributed by atoms with Crippen molar-refractivity contribution >= 4 is 5.91 Å². The standard InChI is InChI=1S/C13H23NO4/c1-4-17-13-10(6-5-7-15)9(2)8-11(18-13)12(16)14-3/h8-10,13,15H,4-7H2,1-3H3,(H,14,16)/t9-,10+,13+/m1/s1. The van der Waals surface area contributed by atoms with Gasteiger partial charge in [0.2, 0.25) is 6.29 Å². The number of amides is 1. The van der Waals surface area contributed by atoms with Crippen molar-refractivity contribution in [2.24, 2.45) is 11.8 Å². The molecule has 1 heterocycles. The maximum absolute atomic E-state index is 11.6. The van der Waals surface area contributed by atoms with E-state index in [1.165, 1.54) is 0 Å². The molecule has 0 aromatic rings. The third-order valence-electron chi connectivity index (χ3n) is 3.16. The van der Waals surface area contributed by atoms with Gasteiger partial charge in [0.05, 0.1) is 0 Å². The topological polar surface area (TPSA) is 67.8 Å². The Morgan fingerprint density at radius 3 is 2.89 bits per heavy atom. The van der Waals surface area contributed by atoms with Crippen molar-refractivity contribution in [3.05, 3.63) is 11.8 Å². The Bertz CT molecular complexity index is 303. The Labute approximate surface area is 108 Å². The van der Waals surface area contributed by atoms with Crippen molar-refractivity contribution in [2.45, 2.75) is 33.0 Å². The molecular formula is C13H23NO4. The van der Waals surface area contributed by atoms with Gasteiger partial charge in [-0.1, -0.05) is 6.92 Å². The molecule has 1 aliphatic heterocycles. The number of carbonyl (C=O) groups excluding carboxylic acids is 1. The lowest BCUT2D eigenvalue weighted by molar-refractivity contribution is -0.170. The molecule has 0 fully saturated rings. The lowest BCUT2D eigenvalue weighted by Gasteiger charge is -2.35. The summed E-state index contributed by atoms with van der Waals surface area (Å²) in [4.78, 5) is 11.6. The van der Waals surface area contributed by atoms with E-state index >= 15 is 0 Å². The van der Waals surface area contributed by atoms with Crippen LogP contribution in [0.4, 0.5) is 0 Å². The van der Waals surface area contributed by atoms with Crippen LogP contribution in [0.2, 0.25) is 0 Å². The van der Waals surface area contributed by atoms with Gasteiger partial charge >= 0.3 is 0 Å². The van der Waals surface area contributed by atoms with Gasteiger partial charge in [-0.05, 0) is 31.8 Å². The summed E-state index contributed by atoms with van der Waals surface area (Å²) in [5.74, 6) is 0.454. The molecule has 1 aliphatic rings. The Morgan fingerprint density at radius 1 is 1.61 bits per heavy atom. The highest BCUT2D eigenvalue weighted by Gasteiger charge is 2.34. The molecule has 104 valence electrons. The van der Waals surface area contributed by atoms with E-state index in [2.05, 4.69) is 5.32 Å². The molecule has 3 atom stereocenters. The third-order valence-corrected chi connectivity index (χ3v) is 3.16.